The topological polar surface area (TPSA) is 52.1 Å². The van der Waals surface area contributed by atoms with Crippen molar-refractivity contribution in [3.05, 3.63) is 18.0 Å². The smallest absolute Gasteiger partial charge is 0.433 e. The van der Waals surface area contributed by atoms with Crippen LogP contribution in [-0.2, 0) is 15.7 Å². The van der Waals surface area contributed by atoms with Crippen molar-refractivity contribution in [3.63, 3.8) is 0 Å². The van der Waals surface area contributed by atoms with Crippen molar-refractivity contribution in [2.75, 3.05) is 12.9 Å². The van der Waals surface area contributed by atoms with Gasteiger partial charge in [0.05, 0.1) is 12.9 Å². The van der Waals surface area contributed by atoms with Crippen molar-refractivity contribution < 1.29 is 22.7 Å². The van der Waals surface area contributed by atoms with Gasteiger partial charge < -0.3 is 4.74 Å². The summed E-state index contributed by atoms with van der Waals surface area (Å²) < 4.78 is 41.1. The molecule has 0 fully saturated rings. The van der Waals surface area contributed by atoms with Gasteiger partial charge in [-0.05, 0) is 6.07 Å². The maximum Gasteiger partial charge on any atom is 0.433 e. The molecule has 0 bridgehead atoms. The molecule has 16 heavy (non-hydrogen) atoms. The minimum Gasteiger partial charge on any atom is -0.468 e. The van der Waals surface area contributed by atoms with E-state index in [-0.39, 0.29) is 10.9 Å². The Morgan fingerprint density at radius 1 is 1.56 bits per heavy atom. The molecule has 1 rings (SSSR count). The summed E-state index contributed by atoms with van der Waals surface area (Å²) in [6.45, 7) is 0. The highest BCUT2D eigenvalue weighted by molar-refractivity contribution is 7.99. The first-order valence-corrected chi connectivity index (χ1v) is 5.02. The van der Waals surface area contributed by atoms with Gasteiger partial charge in [-0.2, -0.15) is 13.2 Å². The largest absolute Gasteiger partial charge is 0.468 e. The number of esters is 1. The van der Waals surface area contributed by atoms with Crippen molar-refractivity contribution in [1.82, 2.24) is 9.97 Å². The van der Waals surface area contributed by atoms with E-state index >= 15 is 0 Å². The van der Waals surface area contributed by atoms with Gasteiger partial charge in [0.15, 0.2) is 5.16 Å². The van der Waals surface area contributed by atoms with Gasteiger partial charge in [0.25, 0.3) is 0 Å². The Hall–Kier alpha value is -1.31. The van der Waals surface area contributed by atoms with E-state index in [4.69, 9.17) is 0 Å². The van der Waals surface area contributed by atoms with Crippen LogP contribution in [0.1, 0.15) is 5.69 Å². The van der Waals surface area contributed by atoms with Crippen molar-refractivity contribution >= 4 is 17.7 Å². The predicted octanol–water partition coefficient (Wildman–Crippen LogP) is 1.76. The maximum atomic E-state index is 12.2. The standard InChI is InChI=1S/C8H7F3N2O2S/c1-15-6(14)4-16-7-12-3-2-5(13-7)8(9,10)11/h2-3H,4H2,1H3. The van der Waals surface area contributed by atoms with E-state index in [9.17, 15) is 18.0 Å². The summed E-state index contributed by atoms with van der Waals surface area (Å²) in [5.74, 6) is -0.677. The fourth-order valence-electron chi connectivity index (χ4n) is 0.751. The molecule has 0 saturated heterocycles. The minimum atomic E-state index is -4.51. The van der Waals surface area contributed by atoms with Crippen LogP contribution in [0.2, 0.25) is 0 Å². The second-order valence-corrected chi connectivity index (χ2v) is 3.53. The first-order chi connectivity index (χ1) is 7.43. The summed E-state index contributed by atoms with van der Waals surface area (Å²) in [4.78, 5) is 17.6. The molecule has 1 aromatic heterocycles. The molecule has 0 aliphatic carbocycles. The molecule has 8 heteroatoms. The summed E-state index contributed by atoms with van der Waals surface area (Å²) in [5, 5.41) is -0.111. The van der Waals surface area contributed by atoms with Crippen molar-refractivity contribution in [1.29, 1.82) is 0 Å². The van der Waals surface area contributed by atoms with Gasteiger partial charge in [0, 0.05) is 6.20 Å². The van der Waals surface area contributed by atoms with Gasteiger partial charge in [-0.25, -0.2) is 9.97 Å². The zero-order valence-corrected chi connectivity index (χ0v) is 8.93. The quantitative estimate of drug-likeness (QED) is 0.466. The van der Waals surface area contributed by atoms with E-state index < -0.39 is 17.8 Å². The Kier molecular flexibility index (Phi) is 4.11. The molecular weight excluding hydrogens is 245 g/mol. The molecule has 0 amide bonds. The van der Waals surface area contributed by atoms with Crippen LogP contribution in [-0.4, -0.2) is 28.8 Å². The highest BCUT2D eigenvalue weighted by atomic mass is 32.2. The predicted molar refractivity (Wildman–Crippen MR) is 49.8 cm³/mol. The van der Waals surface area contributed by atoms with Gasteiger partial charge in [0.1, 0.15) is 5.69 Å². The Labute approximate surface area is 93.2 Å². The molecule has 0 unspecified atom stereocenters. The lowest BCUT2D eigenvalue weighted by molar-refractivity contribution is -0.141. The number of methoxy groups -OCH3 is 1. The van der Waals surface area contributed by atoms with Crippen LogP contribution in [0.15, 0.2) is 17.4 Å². The monoisotopic (exact) mass is 252 g/mol. The average molecular weight is 252 g/mol. The summed E-state index contributed by atoms with van der Waals surface area (Å²) >= 11 is 0.787. The van der Waals surface area contributed by atoms with E-state index in [1.54, 1.807) is 0 Å². The first-order valence-electron chi connectivity index (χ1n) is 4.03. The summed E-state index contributed by atoms with van der Waals surface area (Å²) in [7, 11) is 1.19. The Morgan fingerprint density at radius 3 is 2.81 bits per heavy atom. The summed E-state index contributed by atoms with van der Waals surface area (Å²) in [6.07, 6.45) is -3.51. The van der Waals surface area contributed by atoms with Crippen molar-refractivity contribution in [3.8, 4) is 0 Å². The summed E-state index contributed by atoms with van der Waals surface area (Å²) in [6, 6.07) is 0.766. The zero-order chi connectivity index (χ0) is 12.2. The Bertz CT molecular complexity index is 384. The number of carbonyl (C=O) groups excluding carboxylic acids is 1. The number of halogens is 3. The number of aromatic nitrogens is 2. The average Bonchev–Trinajstić information content (AvgIpc) is 2.25. The van der Waals surface area contributed by atoms with Crippen LogP contribution >= 0.6 is 11.8 Å². The normalized spacial score (nSPS) is 11.2. The maximum absolute atomic E-state index is 12.2. The molecule has 0 atom stereocenters. The lowest BCUT2D eigenvalue weighted by Gasteiger charge is -2.05. The van der Waals surface area contributed by atoms with E-state index in [0.29, 0.717) is 0 Å². The highest BCUT2D eigenvalue weighted by Crippen LogP contribution is 2.28. The second-order valence-electron chi connectivity index (χ2n) is 2.59. The Balaban J connectivity index is 2.72. The molecule has 1 aromatic rings. The first kappa shape index (κ1) is 12.8. The number of ether oxygens (including phenoxy) is 1. The number of hydrogen-bond acceptors (Lipinski definition) is 5. The molecule has 0 aliphatic rings. The van der Waals surface area contributed by atoms with Crippen LogP contribution in [0.3, 0.4) is 0 Å². The van der Waals surface area contributed by atoms with Crippen LogP contribution in [0, 0.1) is 0 Å². The Morgan fingerprint density at radius 2 is 2.25 bits per heavy atom. The van der Waals surface area contributed by atoms with Crippen molar-refractivity contribution in [2.45, 2.75) is 11.3 Å². The van der Waals surface area contributed by atoms with Gasteiger partial charge >= 0.3 is 12.1 Å². The van der Waals surface area contributed by atoms with Crippen molar-refractivity contribution in [2.24, 2.45) is 0 Å². The third kappa shape index (κ3) is 3.69. The number of thioether (sulfide) groups is 1. The van der Waals surface area contributed by atoms with Gasteiger partial charge in [0.2, 0.25) is 0 Å². The molecule has 1 heterocycles. The minimum absolute atomic E-state index is 0.111. The van der Waals surface area contributed by atoms with E-state index in [2.05, 4.69) is 14.7 Å². The molecule has 0 N–H and O–H groups in total. The molecule has 0 saturated carbocycles. The molecular formula is C8H7F3N2O2S. The highest BCUT2D eigenvalue weighted by Gasteiger charge is 2.32. The van der Waals surface area contributed by atoms with E-state index in [1.165, 1.54) is 7.11 Å². The molecule has 0 aliphatic heterocycles. The lowest BCUT2D eigenvalue weighted by Crippen LogP contribution is -2.09. The van der Waals surface area contributed by atoms with Crippen LogP contribution in [0.25, 0.3) is 0 Å². The number of alkyl halides is 3. The molecule has 88 valence electrons. The van der Waals surface area contributed by atoms with Crippen LogP contribution < -0.4 is 0 Å². The fourth-order valence-corrected chi connectivity index (χ4v) is 1.41. The number of hydrogen-bond donors (Lipinski definition) is 0. The molecule has 4 nitrogen and oxygen atoms in total. The molecule has 0 aromatic carbocycles. The summed E-state index contributed by atoms with van der Waals surface area (Å²) in [5.41, 5.74) is -1.03. The van der Waals surface area contributed by atoms with E-state index in [1.807, 2.05) is 0 Å². The number of rotatable bonds is 3. The van der Waals surface area contributed by atoms with Crippen LogP contribution in [0.5, 0.6) is 0 Å². The zero-order valence-electron chi connectivity index (χ0n) is 8.11. The van der Waals surface area contributed by atoms with Gasteiger partial charge in [-0.3, -0.25) is 4.79 Å². The second kappa shape index (κ2) is 5.15. The SMILES string of the molecule is COC(=O)CSc1nccc(C(F)(F)F)n1. The number of nitrogens with zero attached hydrogens (tertiary/aromatic N) is 2. The third-order valence-electron chi connectivity index (χ3n) is 1.47. The fraction of sp³-hybridized carbons (Fsp3) is 0.375. The lowest BCUT2D eigenvalue weighted by atomic mass is 10.4. The van der Waals surface area contributed by atoms with Gasteiger partial charge in [-0.15, -0.1) is 0 Å². The van der Waals surface area contributed by atoms with Crippen LogP contribution in [0.4, 0.5) is 13.2 Å². The van der Waals surface area contributed by atoms with Gasteiger partial charge in [-0.1, -0.05) is 11.8 Å². The van der Waals surface area contributed by atoms with E-state index in [0.717, 1.165) is 24.0 Å². The molecule has 0 radical (unpaired) electrons. The number of carbonyl (C=O) groups is 1. The third-order valence-corrected chi connectivity index (χ3v) is 2.31. The molecule has 0 spiro atoms.